The molecule has 3 rings (SSSR count). The number of halogens is 1. The number of piperazine rings is 1. The fraction of sp³-hybridized carbons (Fsp3) is 0.526. The predicted molar refractivity (Wildman–Crippen MR) is 104 cm³/mol. The Kier molecular flexibility index (Phi) is 6.21. The molecule has 0 spiro atoms. The summed E-state index contributed by atoms with van der Waals surface area (Å²) < 4.78 is 0. The summed E-state index contributed by atoms with van der Waals surface area (Å²) in [5, 5.41) is 3.49. The van der Waals surface area contributed by atoms with Crippen molar-refractivity contribution in [1.82, 2.24) is 15.1 Å². The van der Waals surface area contributed by atoms with E-state index in [1.54, 1.807) is 16.7 Å². The number of rotatable bonds is 3. The van der Waals surface area contributed by atoms with Crippen molar-refractivity contribution in [3.05, 3.63) is 29.3 Å². The second-order valence-electron chi connectivity index (χ2n) is 6.99. The molecule has 1 N–H and O–H groups in total. The van der Waals surface area contributed by atoms with E-state index in [0.29, 0.717) is 57.1 Å². The number of carbonyl (C=O) groups excluding carboxylic acids is 3. The number of urea groups is 1. The van der Waals surface area contributed by atoms with E-state index >= 15 is 0 Å². The third-order valence-electron chi connectivity index (χ3n) is 5.08. The van der Waals surface area contributed by atoms with Crippen LogP contribution in [0.4, 0.5) is 10.5 Å². The lowest BCUT2D eigenvalue weighted by Crippen LogP contribution is -2.56. The molecule has 0 aliphatic carbocycles. The van der Waals surface area contributed by atoms with Crippen molar-refractivity contribution in [2.75, 3.05) is 44.2 Å². The third-order valence-corrected chi connectivity index (χ3v) is 5.32. The van der Waals surface area contributed by atoms with Gasteiger partial charge in [-0.05, 0) is 25.1 Å². The molecule has 2 saturated heterocycles. The molecule has 0 bridgehead atoms. The molecule has 0 radical (unpaired) electrons. The molecular formula is C19H25ClN4O3. The number of anilines is 1. The maximum absolute atomic E-state index is 12.5. The quantitative estimate of drug-likeness (QED) is 0.850. The molecule has 0 saturated carbocycles. The molecule has 0 unspecified atom stereocenters. The second kappa shape index (κ2) is 8.61. The zero-order valence-corrected chi connectivity index (χ0v) is 16.2. The van der Waals surface area contributed by atoms with Crippen LogP contribution in [0.15, 0.2) is 24.3 Å². The Bertz CT molecular complexity index is 709. The molecule has 1 aromatic carbocycles. The van der Waals surface area contributed by atoms with Crippen molar-refractivity contribution in [3.8, 4) is 0 Å². The van der Waals surface area contributed by atoms with E-state index in [1.807, 2.05) is 24.3 Å². The number of Topliss-reactive ketones (excluding diaryl/α,β-unsaturated/α-hetero) is 1. The summed E-state index contributed by atoms with van der Waals surface area (Å²) in [6, 6.07) is 6.85. The van der Waals surface area contributed by atoms with Crippen LogP contribution in [0.2, 0.25) is 5.02 Å². The summed E-state index contributed by atoms with van der Waals surface area (Å²) in [6.45, 7) is 5.16. The minimum atomic E-state index is -0.600. The number of nitrogens with one attached hydrogen (secondary N) is 1. The van der Waals surface area contributed by atoms with E-state index in [2.05, 4.69) is 10.2 Å². The monoisotopic (exact) mass is 392 g/mol. The molecule has 1 atom stereocenters. The van der Waals surface area contributed by atoms with Gasteiger partial charge >= 0.3 is 6.03 Å². The summed E-state index contributed by atoms with van der Waals surface area (Å²) in [5.74, 6) is 0.0572. The van der Waals surface area contributed by atoms with E-state index in [9.17, 15) is 14.4 Å². The number of piperidine rings is 1. The Morgan fingerprint density at radius 2 is 1.70 bits per heavy atom. The van der Waals surface area contributed by atoms with Gasteiger partial charge in [0.05, 0.1) is 0 Å². The first-order valence-corrected chi connectivity index (χ1v) is 9.68. The molecule has 7 nitrogen and oxygen atoms in total. The first kappa shape index (κ1) is 19.5. The van der Waals surface area contributed by atoms with Gasteiger partial charge in [-0.2, -0.15) is 0 Å². The van der Waals surface area contributed by atoms with Crippen LogP contribution < -0.4 is 10.2 Å². The number of hydrogen-bond donors (Lipinski definition) is 1. The molecule has 2 heterocycles. The minimum Gasteiger partial charge on any atom is -0.368 e. The van der Waals surface area contributed by atoms with Crippen LogP contribution in [-0.4, -0.2) is 72.8 Å². The third kappa shape index (κ3) is 4.91. The number of benzene rings is 1. The highest BCUT2D eigenvalue weighted by atomic mass is 35.5. The number of amides is 3. The van der Waals surface area contributed by atoms with Gasteiger partial charge in [-0.3, -0.25) is 9.59 Å². The summed E-state index contributed by atoms with van der Waals surface area (Å²) in [4.78, 5) is 41.8. The van der Waals surface area contributed by atoms with Gasteiger partial charge in [0.25, 0.3) is 0 Å². The van der Waals surface area contributed by atoms with Crippen molar-refractivity contribution in [3.63, 3.8) is 0 Å². The molecule has 3 amide bonds. The van der Waals surface area contributed by atoms with Crippen molar-refractivity contribution in [1.29, 1.82) is 0 Å². The Labute approximate surface area is 164 Å². The fourth-order valence-corrected chi connectivity index (χ4v) is 3.61. The Balaban J connectivity index is 1.47. The van der Waals surface area contributed by atoms with Gasteiger partial charge in [0, 0.05) is 62.8 Å². The van der Waals surface area contributed by atoms with Crippen LogP contribution in [0.5, 0.6) is 0 Å². The molecule has 1 aromatic rings. The molecule has 146 valence electrons. The average Bonchev–Trinajstić information content (AvgIpc) is 2.68. The number of ketones is 1. The lowest BCUT2D eigenvalue weighted by atomic mass is 10.1. The summed E-state index contributed by atoms with van der Waals surface area (Å²) >= 11 is 6.05. The Morgan fingerprint density at radius 3 is 2.33 bits per heavy atom. The average molecular weight is 393 g/mol. The van der Waals surface area contributed by atoms with E-state index < -0.39 is 6.04 Å². The SMILES string of the molecule is C[C@H](NC(=O)N1CCN(c2cccc(Cl)c2)CC1)C(=O)N1CCC(=O)CC1. The lowest BCUT2D eigenvalue weighted by molar-refractivity contribution is -0.135. The normalized spacial score (nSPS) is 19.0. The molecule has 8 heteroatoms. The van der Waals surface area contributed by atoms with Crippen molar-refractivity contribution in [2.45, 2.75) is 25.8 Å². The van der Waals surface area contributed by atoms with Crippen LogP contribution in [0, 0.1) is 0 Å². The molecule has 2 aliphatic rings. The number of hydrogen-bond acceptors (Lipinski definition) is 4. The highest BCUT2D eigenvalue weighted by Gasteiger charge is 2.28. The zero-order chi connectivity index (χ0) is 19.4. The Morgan fingerprint density at radius 1 is 1.04 bits per heavy atom. The number of likely N-dealkylation sites (tertiary alicyclic amines) is 1. The van der Waals surface area contributed by atoms with Gasteiger partial charge in [0.2, 0.25) is 5.91 Å². The number of nitrogens with zero attached hydrogens (tertiary/aromatic N) is 3. The fourth-order valence-electron chi connectivity index (χ4n) is 3.43. The van der Waals surface area contributed by atoms with Crippen LogP contribution in [0.25, 0.3) is 0 Å². The maximum Gasteiger partial charge on any atom is 0.318 e. The molecular weight excluding hydrogens is 368 g/mol. The van der Waals surface area contributed by atoms with Crippen molar-refractivity contribution < 1.29 is 14.4 Å². The van der Waals surface area contributed by atoms with Gasteiger partial charge in [-0.1, -0.05) is 17.7 Å². The minimum absolute atomic E-state index is 0.131. The van der Waals surface area contributed by atoms with Crippen molar-refractivity contribution in [2.24, 2.45) is 0 Å². The zero-order valence-electron chi connectivity index (χ0n) is 15.5. The molecule has 27 heavy (non-hydrogen) atoms. The largest absolute Gasteiger partial charge is 0.368 e. The first-order valence-electron chi connectivity index (χ1n) is 9.30. The highest BCUT2D eigenvalue weighted by molar-refractivity contribution is 6.30. The van der Waals surface area contributed by atoms with Crippen LogP contribution in [-0.2, 0) is 9.59 Å². The molecule has 2 aliphatic heterocycles. The van der Waals surface area contributed by atoms with Gasteiger partial charge in [-0.25, -0.2) is 4.79 Å². The molecule has 2 fully saturated rings. The second-order valence-corrected chi connectivity index (χ2v) is 7.43. The van der Waals surface area contributed by atoms with Gasteiger partial charge in [0.15, 0.2) is 0 Å². The highest BCUT2D eigenvalue weighted by Crippen LogP contribution is 2.20. The maximum atomic E-state index is 12.5. The topological polar surface area (TPSA) is 73.0 Å². The van der Waals surface area contributed by atoms with Crippen LogP contribution in [0.1, 0.15) is 19.8 Å². The van der Waals surface area contributed by atoms with Gasteiger partial charge in [0.1, 0.15) is 11.8 Å². The summed E-state index contributed by atoms with van der Waals surface area (Å²) in [5.41, 5.74) is 1.05. The van der Waals surface area contributed by atoms with E-state index in [0.717, 1.165) is 5.69 Å². The summed E-state index contributed by atoms with van der Waals surface area (Å²) in [6.07, 6.45) is 0.801. The number of carbonyl (C=O) groups is 3. The Hall–Kier alpha value is -2.28. The van der Waals surface area contributed by atoms with E-state index in [-0.39, 0.29) is 17.7 Å². The summed E-state index contributed by atoms with van der Waals surface area (Å²) in [7, 11) is 0. The van der Waals surface area contributed by atoms with E-state index in [4.69, 9.17) is 11.6 Å². The molecule has 0 aromatic heterocycles. The van der Waals surface area contributed by atoms with Gasteiger partial charge < -0.3 is 20.0 Å². The van der Waals surface area contributed by atoms with Crippen LogP contribution >= 0.6 is 11.6 Å². The van der Waals surface area contributed by atoms with Gasteiger partial charge in [-0.15, -0.1) is 0 Å². The first-order chi connectivity index (χ1) is 12.9. The smallest absolute Gasteiger partial charge is 0.318 e. The van der Waals surface area contributed by atoms with Crippen molar-refractivity contribution >= 4 is 35.0 Å². The predicted octanol–water partition coefficient (Wildman–Crippen LogP) is 1.75. The van der Waals surface area contributed by atoms with Crippen LogP contribution in [0.3, 0.4) is 0 Å². The van der Waals surface area contributed by atoms with E-state index in [1.165, 1.54) is 0 Å². The standard InChI is InChI=1S/C19H25ClN4O3/c1-14(18(26)23-7-5-17(25)6-8-23)21-19(27)24-11-9-22(10-12-24)16-4-2-3-15(20)13-16/h2-4,13-14H,5-12H2,1H3,(H,21,27)/t14-/m0/s1. The lowest BCUT2D eigenvalue weighted by Gasteiger charge is -2.37.